The van der Waals surface area contributed by atoms with Crippen molar-refractivity contribution in [1.29, 1.82) is 0 Å². The average Bonchev–Trinajstić information content (AvgIpc) is 2.31. The number of hydrogen-bond acceptors (Lipinski definition) is 1. The molecule has 1 rings (SSSR count). The molecular weight excluding hydrogens is 277 g/mol. The second kappa shape index (κ2) is 6.97. The molecule has 0 saturated heterocycles. The zero-order valence-corrected chi connectivity index (χ0v) is 14.1. The Morgan fingerprint density at radius 2 is 1.84 bits per heavy atom. The van der Waals surface area contributed by atoms with Crippen LogP contribution in [0.1, 0.15) is 52.6 Å². The largest absolute Gasteiger partial charge is 0.309 e. The number of rotatable bonds is 6. The van der Waals surface area contributed by atoms with E-state index in [4.69, 9.17) is 23.2 Å². The fraction of sp³-hybridized carbons (Fsp3) is 0.625. The lowest BCUT2D eigenvalue weighted by Crippen LogP contribution is -2.35. The fourth-order valence-corrected chi connectivity index (χ4v) is 2.39. The third kappa shape index (κ3) is 4.66. The first-order valence-corrected chi connectivity index (χ1v) is 7.72. The highest BCUT2D eigenvalue weighted by atomic mass is 35.5. The van der Waals surface area contributed by atoms with Crippen LogP contribution < -0.4 is 5.32 Å². The van der Waals surface area contributed by atoms with E-state index in [1.807, 2.05) is 18.2 Å². The third-order valence-corrected chi connectivity index (χ3v) is 4.68. The van der Waals surface area contributed by atoms with Gasteiger partial charge in [-0.05, 0) is 35.4 Å². The molecule has 108 valence electrons. The highest BCUT2D eigenvalue weighted by molar-refractivity contribution is 6.35. The van der Waals surface area contributed by atoms with Crippen molar-refractivity contribution in [3.63, 3.8) is 0 Å². The minimum Gasteiger partial charge on any atom is -0.309 e. The van der Waals surface area contributed by atoms with Gasteiger partial charge in [0.05, 0.1) is 0 Å². The molecule has 0 heterocycles. The van der Waals surface area contributed by atoms with E-state index >= 15 is 0 Å². The standard InChI is InChI=1S/C16H25Cl2N/c1-6-15(19-10-16(4,5)11(2)3)13-8-7-12(17)9-14(13)18/h7-9,11,15,19H,6,10H2,1-5H3. The Labute approximate surface area is 127 Å². The van der Waals surface area contributed by atoms with Gasteiger partial charge in [0.1, 0.15) is 0 Å². The van der Waals surface area contributed by atoms with Gasteiger partial charge in [-0.15, -0.1) is 0 Å². The van der Waals surface area contributed by atoms with Gasteiger partial charge in [0.15, 0.2) is 0 Å². The van der Waals surface area contributed by atoms with Crippen LogP contribution in [-0.2, 0) is 0 Å². The van der Waals surface area contributed by atoms with Crippen LogP contribution in [0, 0.1) is 11.3 Å². The Morgan fingerprint density at radius 1 is 1.21 bits per heavy atom. The van der Waals surface area contributed by atoms with E-state index in [-0.39, 0.29) is 11.5 Å². The minimum absolute atomic E-state index is 0.270. The second-order valence-corrected chi connectivity index (χ2v) is 6.99. The number of benzene rings is 1. The van der Waals surface area contributed by atoms with Gasteiger partial charge in [-0.3, -0.25) is 0 Å². The zero-order chi connectivity index (χ0) is 14.6. The summed E-state index contributed by atoms with van der Waals surface area (Å²) in [6, 6.07) is 6.02. The molecule has 1 nitrogen and oxygen atoms in total. The maximum Gasteiger partial charge on any atom is 0.0468 e. The first kappa shape index (κ1) is 16.8. The summed E-state index contributed by atoms with van der Waals surface area (Å²) in [5.41, 5.74) is 1.40. The van der Waals surface area contributed by atoms with Gasteiger partial charge in [-0.25, -0.2) is 0 Å². The summed E-state index contributed by atoms with van der Waals surface area (Å²) in [5.74, 6) is 0.637. The van der Waals surface area contributed by atoms with Crippen molar-refractivity contribution in [2.45, 2.75) is 47.1 Å². The van der Waals surface area contributed by atoms with Crippen LogP contribution in [0.15, 0.2) is 18.2 Å². The SMILES string of the molecule is CCC(NCC(C)(C)C(C)C)c1ccc(Cl)cc1Cl. The molecule has 0 spiro atoms. The summed E-state index contributed by atoms with van der Waals surface area (Å²) in [4.78, 5) is 0. The number of nitrogens with one attached hydrogen (secondary N) is 1. The Bertz CT molecular complexity index is 413. The van der Waals surface area contributed by atoms with Crippen molar-refractivity contribution in [2.24, 2.45) is 11.3 Å². The highest BCUT2D eigenvalue weighted by Crippen LogP contribution is 2.30. The molecule has 3 heteroatoms. The normalized spacial score (nSPS) is 13.9. The van der Waals surface area contributed by atoms with E-state index in [2.05, 4.69) is 39.9 Å². The molecule has 0 aliphatic rings. The molecule has 1 atom stereocenters. The predicted molar refractivity (Wildman–Crippen MR) is 86.1 cm³/mol. The van der Waals surface area contributed by atoms with Gasteiger partial charge >= 0.3 is 0 Å². The maximum atomic E-state index is 6.29. The fourth-order valence-electron chi connectivity index (χ4n) is 1.85. The average molecular weight is 302 g/mol. The summed E-state index contributed by atoms with van der Waals surface area (Å²) in [6.07, 6.45) is 1.01. The van der Waals surface area contributed by atoms with Crippen molar-refractivity contribution in [3.8, 4) is 0 Å². The van der Waals surface area contributed by atoms with E-state index in [1.165, 1.54) is 0 Å². The van der Waals surface area contributed by atoms with Crippen molar-refractivity contribution in [2.75, 3.05) is 6.54 Å². The molecule has 0 aliphatic heterocycles. The highest BCUT2D eigenvalue weighted by Gasteiger charge is 2.24. The Morgan fingerprint density at radius 3 is 2.32 bits per heavy atom. The molecule has 0 aliphatic carbocycles. The first-order chi connectivity index (χ1) is 8.77. The lowest BCUT2D eigenvalue weighted by Gasteiger charge is -2.32. The Hall–Kier alpha value is -0.240. The van der Waals surface area contributed by atoms with E-state index in [0.29, 0.717) is 10.9 Å². The molecule has 0 bridgehead atoms. The van der Waals surface area contributed by atoms with E-state index in [1.54, 1.807) is 0 Å². The van der Waals surface area contributed by atoms with Gasteiger partial charge in [-0.2, -0.15) is 0 Å². The zero-order valence-electron chi connectivity index (χ0n) is 12.6. The second-order valence-electron chi connectivity index (χ2n) is 6.15. The van der Waals surface area contributed by atoms with Crippen LogP contribution >= 0.6 is 23.2 Å². The minimum atomic E-state index is 0.270. The lowest BCUT2D eigenvalue weighted by atomic mass is 9.81. The van der Waals surface area contributed by atoms with Crippen LogP contribution in [0.4, 0.5) is 0 Å². The molecule has 19 heavy (non-hydrogen) atoms. The van der Waals surface area contributed by atoms with E-state index in [9.17, 15) is 0 Å². The van der Waals surface area contributed by atoms with Crippen molar-refractivity contribution < 1.29 is 0 Å². The van der Waals surface area contributed by atoms with Crippen molar-refractivity contribution in [1.82, 2.24) is 5.32 Å². The van der Waals surface area contributed by atoms with Gasteiger partial charge in [0.25, 0.3) is 0 Å². The summed E-state index contributed by atoms with van der Waals surface area (Å²) in [5, 5.41) is 5.07. The first-order valence-electron chi connectivity index (χ1n) is 6.96. The molecule has 0 fully saturated rings. The van der Waals surface area contributed by atoms with Gasteiger partial charge in [0.2, 0.25) is 0 Å². The van der Waals surface area contributed by atoms with E-state index < -0.39 is 0 Å². The number of hydrogen-bond donors (Lipinski definition) is 1. The monoisotopic (exact) mass is 301 g/mol. The molecule has 0 aromatic heterocycles. The van der Waals surface area contributed by atoms with Crippen LogP contribution in [0.2, 0.25) is 10.0 Å². The van der Waals surface area contributed by atoms with Gasteiger partial charge < -0.3 is 5.32 Å². The quantitative estimate of drug-likeness (QED) is 0.709. The van der Waals surface area contributed by atoms with Crippen LogP contribution in [0.5, 0.6) is 0 Å². The van der Waals surface area contributed by atoms with Crippen molar-refractivity contribution in [3.05, 3.63) is 33.8 Å². The third-order valence-electron chi connectivity index (χ3n) is 4.11. The summed E-state index contributed by atoms with van der Waals surface area (Å²) in [6.45, 7) is 12.3. The van der Waals surface area contributed by atoms with Crippen LogP contribution in [-0.4, -0.2) is 6.54 Å². The molecular formula is C16H25Cl2N. The summed E-state index contributed by atoms with van der Waals surface area (Å²) >= 11 is 12.2. The van der Waals surface area contributed by atoms with Crippen LogP contribution in [0.25, 0.3) is 0 Å². The Balaban J connectivity index is 2.79. The van der Waals surface area contributed by atoms with E-state index in [0.717, 1.165) is 23.6 Å². The summed E-state index contributed by atoms with van der Waals surface area (Å²) in [7, 11) is 0. The molecule has 0 amide bonds. The molecule has 1 aromatic rings. The molecule has 0 radical (unpaired) electrons. The maximum absolute atomic E-state index is 6.29. The molecule has 1 aromatic carbocycles. The predicted octanol–water partition coefficient (Wildman–Crippen LogP) is 5.72. The Kier molecular flexibility index (Phi) is 6.16. The lowest BCUT2D eigenvalue weighted by molar-refractivity contribution is 0.227. The van der Waals surface area contributed by atoms with Crippen LogP contribution in [0.3, 0.4) is 0 Å². The molecule has 1 unspecified atom stereocenters. The van der Waals surface area contributed by atoms with Gasteiger partial charge in [0, 0.05) is 22.6 Å². The number of halogens is 2. The van der Waals surface area contributed by atoms with Crippen molar-refractivity contribution >= 4 is 23.2 Å². The topological polar surface area (TPSA) is 12.0 Å². The summed E-state index contributed by atoms with van der Waals surface area (Å²) < 4.78 is 0. The smallest absolute Gasteiger partial charge is 0.0468 e. The molecule has 0 saturated carbocycles. The molecule has 1 N–H and O–H groups in total. The van der Waals surface area contributed by atoms with Gasteiger partial charge in [-0.1, -0.05) is 63.9 Å².